The highest BCUT2D eigenvalue weighted by molar-refractivity contribution is 5.97. The minimum Gasteiger partial charge on any atom is -0.507 e. The van der Waals surface area contributed by atoms with Crippen LogP contribution in [0.4, 0.5) is 17.2 Å². The first-order chi connectivity index (χ1) is 26.5. The molecule has 2 heterocycles. The van der Waals surface area contributed by atoms with Crippen molar-refractivity contribution in [1.82, 2.24) is 14.5 Å². The number of phenolic OH excluding ortho intramolecular Hbond substituents is 1. The largest absolute Gasteiger partial charge is 0.507 e. The summed E-state index contributed by atoms with van der Waals surface area (Å²) in [7, 11) is 0. The molecule has 8 aromatic rings. The number of aromatic hydroxyl groups is 1. The molecule has 0 bridgehead atoms. The summed E-state index contributed by atoms with van der Waals surface area (Å²) < 4.78 is 2.22. The monoisotopic (exact) mass is 718 g/mol. The van der Waals surface area contributed by atoms with Gasteiger partial charge in [0.25, 0.3) is 0 Å². The summed E-state index contributed by atoms with van der Waals surface area (Å²) in [5.41, 5.74) is 11.3. The predicted molar refractivity (Wildman–Crippen MR) is 229 cm³/mol. The second-order valence-corrected chi connectivity index (χ2v) is 16.2. The van der Waals surface area contributed by atoms with Gasteiger partial charge in [0.05, 0.1) is 16.6 Å². The maximum Gasteiger partial charge on any atom is 0.149 e. The number of hydrogen-bond donors (Lipinski definition) is 1. The molecule has 5 nitrogen and oxygen atoms in total. The molecule has 0 spiro atoms. The van der Waals surface area contributed by atoms with Crippen LogP contribution in [-0.2, 0) is 10.8 Å². The van der Waals surface area contributed by atoms with Gasteiger partial charge in [0, 0.05) is 34.4 Å². The Kier molecular flexibility index (Phi) is 9.10. The number of phenols is 1. The Balaban J connectivity index is 1.39. The number of anilines is 3. The summed E-state index contributed by atoms with van der Waals surface area (Å²) >= 11 is 0. The van der Waals surface area contributed by atoms with Crippen LogP contribution >= 0.6 is 0 Å². The maximum atomic E-state index is 12.2. The number of benzene rings is 6. The highest BCUT2D eigenvalue weighted by Crippen LogP contribution is 2.45. The van der Waals surface area contributed by atoms with Crippen LogP contribution < -0.4 is 4.90 Å². The standard InChI is InChI=1S/C50H46N4O/c1-49(2,3)37-32-42(47(55)43(33-37)50(4,5)6)48-52-46-41(26-17-27-44(46)54(48)40-25-15-20-35(30-40)34-18-9-7-10-19-34)36-21-16-24-39(31-36)53(38-22-11-8-12-23-38)45-28-13-14-29-51-45/h7-33,55H,1-6H3. The van der Waals surface area contributed by atoms with Crippen LogP contribution in [-0.4, -0.2) is 19.6 Å². The fourth-order valence-corrected chi connectivity index (χ4v) is 7.33. The summed E-state index contributed by atoms with van der Waals surface area (Å²) in [6.07, 6.45) is 1.83. The molecule has 0 radical (unpaired) electrons. The summed E-state index contributed by atoms with van der Waals surface area (Å²) in [5.74, 6) is 1.78. The van der Waals surface area contributed by atoms with Crippen LogP contribution in [0.25, 0.3) is 50.4 Å². The van der Waals surface area contributed by atoms with E-state index < -0.39 is 0 Å². The normalized spacial score (nSPS) is 11.9. The van der Waals surface area contributed by atoms with Gasteiger partial charge >= 0.3 is 0 Å². The van der Waals surface area contributed by atoms with Gasteiger partial charge in [-0.1, -0.05) is 139 Å². The van der Waals surface area contributed by atoms with E-state index in [1.54, 1.807) is 0 Å². The molecule has 272 valence electrons. The Morgan fingerprint density at radius 1 is 0.545 bits per heavy atom. The highest BCUT2D eigenvalue weighted by atomic mass is 16.3. The smallest absolute Gasteiger partial charge is 0.149 e. The molecule has 0 fully saturated rings. The van der Waals surface area contributed by atoms with Gasteiger partial charge < -0.3 is 5.11 Å². The van der Waals surface area contributed by atoms with E-state index in [4.69, 9.17) is 9.97 Å². The second kappa shape index (κ2) is 14.1. The number of aromatic nitrogens is 3. The first-order valence-electron chi connectivity index (χ1n) is 18.9. The lowest BCUT2D eigenvalue weighted by atomic mass is 9.79. The molecule has 0 unspecified atom stereocenters. The van der Waals surface area contributed by atoms with Crippen molar-refractivity contribution in [3.8, 4) is 45.1 Å². The molecule has 0 saturated heterocycles. The van der Waals surface area contributed by atoms with E-state index in [2.05, 4.69) is 166 Å². The Labute approximate surface area is 324 Å². The minimum atomic E-state index is -0.298. The molecule has 0 aliphatic rings. The van der Waals surface area contributed by atoms with E-state index in [-0.39, 0.29) is 16.6 Å². The van der Waals surface area contributed by atoms with Gasteiger partial charge in [0.15, 0.2) is 0 Å². The molecular formula is C50H46N4O. The number of pyridine rings is 1. The second-order valence-electron chi connectivity index (χ2n) is 16.2. The number of imidazole rings is 1. The minimum absolute atomic E-state index is 0.156. The zero-order chi connectivity index (χ0) is 38.3. The first-order valence-corrected chi connectivity index (χ1v) is 18.9. The zero-order valence-corrected chi connectivity index (χ0v) is 32.3. The SMILES string of the molecule is CC(C)(C)c1cc(-c2nc3c(-c4cccc(N(c5ccccc5)c5ccccn5)c4)cccc3n2-c2cccc(-c3ccccc3)c2)c(O)c(C(C)(C)C)c1. The lowest BCUT2D eigenvalue weighted by molar-refractivity contribution is 0.446. The van der Waals surface area contributed by atoms with Crippen LogP contribution in [0.2, 0.25) is 0 Å². The van der Waals surface area contributed by atoms with Crippen molar-refractivity contribution in [3.63, 3.8) is 0 Å². The predicted octanol–water partition coefficient (Wildman–Crippen LogP) is 13.2. The molecule has 0 atom stereocenters. The van der Waals surface area contributed by atoms with E-state index in [0.29, 0.717) is 11.4 Å². The number of fused-ring (bicyclic) bond motifs is 1. The van der Waals surface area contributed by atoms with Crippen molar-refractivity contribution in [1.29, 1.82) is 0 Å². The molecule has 5 heteroatoms. The first kappa shape index (κ1) is 35.6. The van der Waals surface area contributed by atoms with Crippen LogP contribution in [0.15, 0.2) is 164 Å². The van der Waals surface area contributed by atoms with Gasteiger partial charge in [0.1, 0.15) is 17.4 Å². The molecule has 1 N–H and O–H groups in total. The third-order valence-corrected chi connectivity index (χ3v) is 10.2. The fourth-order valence-electron chi connectivity index (χ4n) is 7.33. The molecule has 0 aliphatic carbocycles. The van der Waals surface area contributed by atoms with E-state index in [1.807, 2.05) is 48.7 Å². The lowest BCUT2D eigenvalue weighted by Crippen LogP contribution is -2.17. The Morgan fingerprint density at radius 3 is 1.91 bits per heavy atom. The summed E-state index contributed by atoms with van der Waals surface area (Å²) in [6, 6.07) is 54.6. The quantitative estimate of drug-likeness (QED) is 0.178. The van der Waals surface area contributed by atoms with E-state index >= 15 is 0 Å². The Bertz CT molecular complexity index is 2580. The van der Waals surface area contributed by atoms with Crippen LogP contribution in [0.5, 0.6) is 5.75 Å². The van der Waals surface area contributed by atoms with Gasteiger partial charge in [-0.15, -0.1) is 0 Å². The van der Waals surface area contributed by atoms with Crippen molar-refractivity contribution >= 4 is 28.2 Å². The van der Waals surface area contributed by atoms with Crippen molar-refractivity contribution in [2.24, 2.45) is 0 Å². The average molecular weight is 719 g/mol. The fraction of sp³-hybridized carbons (Fsp3) is 0.160. The molecule has 0 aliphatic heterocycles. The van der Waals surface area contributed by atoms with E-state index in [9.17, 15) is 5.11 Å². The molecule has 2 aromatic heterocycles. The topological polar surface area (TPSA) is 54.2 Å². The van der Waals surface area contributed by atoms with Gasteiger partial charge in [0.2, 0.25) is 0 Å². The number of hydrogen-bond acceptors (Lipinski definition) is 4. The van der Waals surface area contributed by atoms with Gasteiger partial charge in [-0.25, -0.2) is 9.97 Å². The third-order valence-electron chi connectivity index (χ3n) is 10.2. The maximum absolute atomic E-state index is 12.2. The van der Waals surface area contributed by atoms with Crippen LogP contribution in [0, 0.1) is 0 Å². The summed E-state index contributed by atoms with van der Waals surface area (Å²) in [5, 5.41) is 12.2. The van der Waals surface area contributed by atoms with Gasteiger partial charge in [-0.2, -0.15) is 0 Å². The molecule has 8 rings (SSSR count). The van der Waals surface area contributed by atoms with Crippen molar-refractivity contribution < 1.29 is 5.11 Å². The number of para-hydroxylation sites is 2. The van der Waals surface area contributed by atoms with Crippen LogP contribution in [0.3, 0.4) is 0 Å². The summed E-state index contributed by atoms with van der Waals surface area (Å²) in [4.78, 5) is 12.4. The van der Waals surface area contributed by atoms with E-state index in [0.717, 1.165) is 67.3 Å². The van der Waals surface area contributed by atoms with Crippen LogP contribution in [0.1, 0.15) is 52.7 Å². The third kappa shape index (κ3) is 6.90. The number of rotatable bonds is 7. The molecule has 0 saturated carbocycles. The zero-order valence-electron chi connectivity index (χ0n) is 32.3. The molecule has 55 heavy (non-hydrogen) atoms. The molecule has 6 aromatic carbocycles. The Hall–Kier alpha value is -6.46. The molecule has 0 amide bonds. The van der Waals surface area contributed by atoms with Crippen molar-refractivity contribution in [3.05, 3.63) is 175 Å². The molecular weight excluding hydrogens is 673 g/mol. The lowest BCUT2D eigenvalue weighted by Gasteiger charge is -2.27. The average Bonchev–Trinajstić information content (AvgIpc) is 3.58. The van der Waals surface area contributed by atoms with Gasteiger partial charge in [-0.3, -0.25) is 9.47 Å². The van der Waals surface area contributed by atoms with E-state index in [1.165, 1.54) is 0 Å². The summed E-state index contributed by atoms with van der Waals surface area (Å²) in [6.45, 7) is 13.1. The highest BCUT2D eigenvalue weighted by Gasteiger charge is 2.29. The van der Waals surface area contributed by atoms with Crippen molar-refractivity contribution in [2.45, 2.75) is 52.4 Å². The van der Waals surface area contributed by atoms with Gasteiger partial charge in [-0.05, 0) is 93.7 Å². The van der Waals surface area contributed by atoms with Crippen molar-refractivity contribution in [2.75, 3.05) is 4.90 Å². The Morgan fingerprint density at radius 2 is 1.20 bits per heavy atom. The number of nitrogens with zero attached hydrogens (tertiary/aromatic N) is 4.